The minimum atomic E-state index is -4.80. The van der Waals surface area contributed by atoms with Gasteiger partial charge in [0.05, 0.1) is 0 Å². The molecule has 4 heteroatoms. The van der Waals surface area contributed by atoms with Gasteiger partial charge in [-0.05, 0) is 24.1 Å². The zero-order valence-corrected chi connectivity index (χ0v) is 8.01. The van der Waals surface area contributed by atoms with E-state index in [9.17, 15) is 18.0 Å². The Hall–Kier alpha value is -1.58. The molecule has 0 heterocycles. The first kappa shape index (κ1) is 11.5. The quantitative estimate of drug-likeness (QED) is 0.691. The van der Waals surface area contributed by atoms with Crippen molar-refractivity contribution in [1.82, 2.24) is 0 Å². The molecule has 0 amide bonds. The zero-order valence-electron chi connectivity index (χ0n) is 8.01. The van der Waals surface area contributed by atoms with Crippen LogP contribution < -0.4 is 0 Å². The van der Waals surface area contributed by atoms with Crippen molar-refractivity contribution in [3.05, 3.63) is 42.0 Å². The van der Waals surface area contributed by atoms with Gasteiger partial charge in [0.1, 0.15) is 0 Å². The Morgan fingerprint density at radius 1 is 1.20 bits per heavy atom. The van der Waals surface area contributed by atoms with Crippen LogP contribution in [-0.2, 0) is 4.79 Å². The number of ketones is 1. The first-order chi connectivity index (χ1) is 6.91. The Bertz CT molecular complexity index is 377. The molecule has 0 radical (unpaired) electrons. The van der Waals surface area contributed by atoms with Gasteiger partial charge in [-0.1, -0.05) is 30.3 Å². The molecule has 15 heavy (non-hydrogen) atoms. The van der Waals surface area contributed by atoms with Gasteiger partial charge in [-0.25, -0.2) is 0 Å². The molecular formula is C11H9F3O. The van der Waals surface area contributed by atoms with Crippen LogP contribution in [0.1, 0.15) is 12.5 Å². The lowest BCUT2D eigenvalue weighted by Crippen LogP contribution is -2.20. The molecule has 0 spiro atoms. The number of halogens is 3. The summed E-state index contributed by atoms with van der Waals surface area (Å²) in [4.78, 5) is 10.6. The Morgan fingerprint density at radius 2 is 1.73 bits per heavy atom. The number of hydrogen-bond acceptors (Lipinski definition) is 1. The topological polar surface area (TPSA) is 17.1 Å². The number of rotatable bonds is 2. The third-order valence-corrected chi connectivity index (χ3v) is 1.86. The molecule has 0 aliphatic carbocycles. The van der Waals surface area contributed by atoms with Crippen LogP contribution in [0.2, 0.25) is 0 Å². The van der Waals surface area contributed by atoms with Crippen LogP contribution in [0.15, 0.2) is 36.4 Å². The lowest BCUT2D eigenvalue weighted by atomic mass is 10.1. The van der Waals surface area contributed by atoms with Crippen LogP contribution in [0.25, 0.3) is 5.57 Å². The van der Waals surface area contributed by atoms with E-state index < -0.39 is 12.0 Å². The minimum absolute atomic E-state index is 0.304. The highest BCUT2D eigenvalue weighted by atomic mass is 19.4. The van der Waals surface area contributed by atoms with Crippen molar-refractivity contribution in [3.8, 4) is 0 Å². The number of hydrogen-bond donors (Lipinski definition) is 0. The smallest absolute Gasteiger partial charge is 0.285 e. The third kappa shape index (κ3) is 3.23. The van der Waals surface area contributed by atoms with E-state index in [1.54, 1.807) is 30.3 Å². The molecular weight excluding hydrogens is 205 g/mol. The van der Waals surface area contributed by atoms with E-state index in [0.29, 0.717) is 17.2 Å². The molecule has 0 N–H and O–H groups in total. The minimum Gasteiger partial charge on any atom is -0.285 e. The third-order valence-electron chi connectivity index (χ3n) is 1.86. The molecule has 0 unspecified atom stereocenters. The molecule has 1 nitrogen and oxygen atoms in total. The predicted molar refractivity (Wildman–Crippen MR) is 51.2 cm³/mol. The van der Waals surface area contributed by atoms with E-state index >= 15 is 0 Å². The summed E-state index contributed by atoms with van der Waals surface area (Å²) in [7, 11) is 0. The summed E-state index contributed by atoms with van der Waals surface area (Å²) in [6.45, 7) is 1.47. The van der Waals surface area contributed by atoms with Crippen LogP contribution in [0.4, 0.5) is 13.2 Å². The lowest BCUT2D eigenvalue weighted by molar-refractivity contribution is -0.165. The highest BCUT2D eigenvalue weighted by Crippen LogP contribution is 2.20. The maximum Gasteiger partial charge on any atom is 0.454 e. The number of alkyl halides is 3. The fourth-order valence-electron chi connectivity index (χ4n) is 1.06. The second-order valence-corrected chi connectivity index (χ2v) is 3.06. The standard InChI is InChI=1S/C11H9F3O/c1-8(7-10(15)11(12,13)14)9-5-3-2-4-6-9/h2-7H,1H3. The largest absolute Gasteiger partial charge is 0.454 e. The molecule has 1 aromatic rings. The average molecular weight is 214 g/mol. The molecule has 0 atom stereocenters. The van der Waals surface area contributed by atoms with Crippen molar-refractivity contribution in [1.29, 1.82) is 0 Å². The number of benzene rings is 1. The molecule has 80 valence electrons. The Morgan fingerprint density at radius 3 is 2.20 bits per heavy atom. The number of carbonyl (C=O) groups is 1. The highest BCUT2D eigenvalue weighted by Gasteiger charge is 2.36. The summed E-state index contributed by atoms with van der Waals surface area (Å²) in [6.07, 6.45) is -4.19. The van der Waals surface area contributed by atoms with Crippen molar-refractivity contribution in [3.63, 3.8) is 0 Å². The first-order valence-electron chi connectivity index (χ1n) is 4.26. The van der Waals surface area contributed by atoms with Gasteiger partial charge in [-0.3, -0.25) is 4.79 Å². The van der Waals surface area contributed by atoms with Gasteiger partial charge < -0.3 is 0 Å². The monoisotopic (exact) mass is 214 g/mol. The summed E-state index contributed by atoms with van der Waals surface area (Å²) in [5.74, 6) is -1.83. The molecule has 0 aliphatic heterocycles. The van der Waals surface area contributed by atoms with Crippen molar-refractivity contribution in [2.24, 2.45) is 0 Å². The zero-order chi connectivity index (χ0) is 11.5. The van der Waals surface area contributed by atoms with E-state index in [4.69, 9.17) is 0 Å². The molecule has 0 saturated carbocycles. The fraction of sp³-hybridized carbons (Fsp3) is 0.182. The van der Waals surface area contributed by atoms with Crippen molar-refractivity contribution in [2.45, 2.75) is 13.1 Å². The van der Waals surface area contributed by atoms with E-state index in [1.807, 2.05) is 0 Å². The summed E-state index contributed by atoms with van der Waals surface area (Å²) in [5.41, 5.74) is 0.910. The summed E-state index contributed by atoms with van der Waals surface area (Å²) < 4.78 is 35.8. The van der Waals surface area contributed by atoms with Gasteiger partial charge in [0.25, 0.3) is 5.78 Å². The van der Waals surface area contributed by atoms with Gasteiger partial charge in [0.2, 0.25) is 0 Å². The summed E-state index contributed by atoms with van der Waals surface area (Å²) >= 11 is 0. The van der Waals surface area contributed by atoms with Gasteiger partial charge >= 0.3 is 6.18 Å². The van der Waals surface area contributed by atoms with Crippen LogP contribution in [-0.4, -0.2) is 12.0 Å². The highest BCUT2D eigenvalue weighted by molar-refractivity contribution is 6.00. The molecule has 1 rings (SSSR count). The van der Waals surface area contributed by atoms with E-state index in [0.717, 1.165) is 0 Å². The van der Waals surface area contributed by atoms with Gasteiger partial charge in [-0.15, -0.1) is 0 Å². The molecule has 0 bridgehead atoms. The van der Waals surface area contributed by atoms with Crippen LogP contribution in [0.3, 0.4) is 0 Å². The van der Waals surface area contributed by atoms with E-state index in [2.05, 4.69) is 0 Å². The summed E-state index contributed by atoms with van der Waals surface area (Å²) in [6, 6.07) is 8.45. The van der Waals surface area contributed by atoms with Crippen molar-refractivity contribution < 1.29 is 18.0 Å². The molecule has 1 aromatic carbocycles. The second kappa shape index (κ2) is 4.29. The molecule has 0 aliphatic rings. The predicted octanol–water partition coefficient (Wildman–Crippen LogP) is 3.22. The van der Waals surface area contributed by atoms with Gasteiger partial charge in [-0.2, -0.15) is 13.2 Å². The van der Waals surface area contributed by atoms with Gasteiger partial charge in [0.15, 0.2) is 0 Å². The second-order valence-electron chi connectivity index (χ2n) is 3.06. The number of allylic oxidation sites excluding steroid dienone is 2. The van der Waals surface area contributed by atoms with E-state index in [1.165, 1.54) is 6.92 Å². The normalized spacial score (nSPS) is 12.7. The maximum absolute atomic E-state index is 11.9. The Kier molecular flexibility index (Phi) is 3.29. The maximum atomic E-state index is 11.9. The van der Waals surface area contributed by atoms with E-state index in [-0.39, 0.29) is 0 Å². The van der Waals surface area contributed by atoms with Crippen LogP contribution in [0, 0.1) is 0 Å². The molecule has 0 aromatic heterocycles. The molecule has 0 saturated heterocycles. The lowest BCUT2D eigenvalue weighted by Gasteiger charge is -2.03. The van der Waals surface area contributed by atoms with Crippen LogP contribution >= 0.6 is 0 Å². The fourth-order valence-corrected chi connectivity index (χ4v) is 1.06. The first-order valence-corrected chi connectivity index (χ1v) is 4.26. The Balaban J connectivity index is 2.91. The number of carbonyl (C=O) groups excluding carboxylic acids is 1. The Labute approximate surface area is 85.2 Å². The van der Waals surface area contributed by atoms with Crippen molar-refractivity contribution in [2.75, 3.05) is 0 Å². The molecule has 0 fully saturated rings. The SMILES string of the molecule is CC(=CC(=O)C(F)(F)F)c1ccccc1. The summed E-state index contributed by atoms with van der Waals surface area (Å²) in [5, 5.41) is 0. The van der Waals surface area contributed by atoms with Crippen LogP contribution in [0.5, 0.6) is 0 Å². The average Bonchev–Trinajstić information content (AvgIpc) is 2.17. The van der Waals surface area contributed by atoms with Crippen molar-refractivity contribution >= 4 is 11.4 Å². The van der Waals surface area contributed by atoms with Gasteiger partial charge in [0, 0.05) is 0 Å².